The highest BCUT2D eigenvalue weighted by Crippen LogP contribution is 2.37. The molecule has 0 fully saturated rings. The molecular formula is C15H15BrClNO. The summed E-state index contributed by atoms with van der Waals surface area (Å²) in [7, 11) is 1.63. The second-order valence-electron chi connectivity index (χ2n) is 4.40. The largest absolute Gasteiger partial charge is 0.495 e. The molecule has 0 aliphatic rings. The van der Waals surface area contributed by atoms with Crippen molar-refractivity contribution in [1.29, 1.82) is 0 Å². The minimum Gasteiger partial charge on any atom is -0.495 e. The SMILES string of the molecule is COc1c(Br)cc(Cl)cc1C(N)c1cccc(C)c1. The Morgan fingerprint density at radius 1 is 1.26 bits per heavy atom. The summed E-state index contributed by atoms with van der Waals surface area (Å²) in [4.78, 5) is 0. The van der Waals surface area contributed by atoms with Crippen molar-refractivity contribution < 1.29 is 4.74 Å². The van der Waals surface area contributed by atoms with Crippen LogP contribution in [0.1, 0.15) is 22.7 Å². The van der Waals surface area contributed by atoms with Gasteiger partial charge in [0.15, 0.2) is 0 Å². The zero-order valence-electron chi connectivity index (χ0n) is 10.8. The van der Waals surface area contributed by atoms with Gasteiger partial charge in [-0.15, -0.1) is 0 Å². The van der Waals surface area contributed by atoms with Crippen LogP contribution in [0.4, 0.5) is 0 Å². The zero-order valence-corrected chi connectivity index (χ0v) is 13.1. The zero-order chi connectivity index (χ0) is 14.0. The number of methoxy groups -OCH3 is 1. The number of halogens is 2. The molecule has 0 spiro atoms. The van der Waals surface area contributed by atoms with Gasteiger partial charge in [0.25, 0.3) is 0 Å². The van der Waals surface area contributed by atoms with Crippen LogP contribution in [0.15, 0.2) is 40.9 Å². The molecule has 0 aliphatic carbocycles. The van der Waals surface area contributed by atoms with Gasteiger partial charge in [-0.1, -0.05) is 41.4 Å². The van der Waals surface area contributed by atoms with Gasteiger partial charge in [-0.05, 0) is 40.5 Å². The van der Waals surface area contributed by atoms with Crippen molar-refractivity contribution in [2.24, 2.45) is 5.73 Å². The molecule has 2 nitrogen and oxygen atoms in total. The maximum absolute atomic E-state index is 6.34. The van der Waals surface area contributed by atoms with E-state index < -0.39 is 0 Å². The molecule has 4 heteroatoms. The minimum atomic E-state index is -0.273. The van der Waals surface area contributed by atoms with Crippen LogP contribution in [0.2, 0.25) is 5.02 Å². The quantitative estimate of drug-likeness (QED) is 0.895. The van der Waals surface area contributed by atoms with E-state index in [-0.39, 0.29) is 6.04 Å². The molecule has 2 aromatic rings. The summed E-state index contributed by atoms with van der Waals surface area (Å²) in [5.41, 5.74) is 9.42. The summed E-state index contributed by atoms with van der Waals surface area (Å²) >= 11 is 9.55. The summed E-state index contributed by atoms with van der Waals surface area (Å²) in [6.45, 7) is 2.04. The molecule has 1 unspecified atom stereocenters. The first kappa shape index (κ1) is 14.4. The Bertz CT molecular complexity index is 601. The monoisotopic (exact) mass is 339 g/mol. The number of benzene rings is 2. The Balaban J connectivity index is 2.52. The number of hydrogen-bond donors (Lipinski definition) is 1. The molecule has 0 aliphatic heterocycles. The van der Waals surface area contributed by atoms with Crippen molar-refractivity contribution in [3.05, 3.63) is 62.6 Å². The molecule has 100 valence electrons. The molecule has 0 aromatic heterocycles. The molecule has 0 heterocycles. The lowest BCUT2D eigenvalue weighted by Gasteiger charge is -2.18. The summed E-state index contributed by atoms with van der Waals surface area (Å²) in [6.07, 6.45) is 0. The Kier molecular flexibility index (Phi) is 4.50. The Morgan fingerprint density at radius 3 is 2.63 bits per heavy atom. The lowest BCUT2D eigenvalue weighted by atomic mass is 9.97. The molecule has 0 saturated heterocycles. The second kappa shape index (κ2) is 5.95. The van der Waals surface area contributed by atoms with Crippen molar-refractivity contribution in [3.8, 4) is 5.75 Å². The molecule has 2 aromatic carbocycles. The van der Waals surface area contributed by atoms with Crippen molar-refractivity contribution in [1.82, 2.24) is 0 Å². The average Bonchev–Trinajstić information content (AvgIpc) is 2.37. The smallest absolute Gasteiger partial charge is 0.138 e. The van der Waals surface area contributed by atoms with Gasteiger partial charge in [-0.3, -0.25) is 0 Å². The summed E-state index contributed by atoms with van der Waals surface area (Å²) in [5.74, 6) is 0.721. The number of ether oxygens (including phenoxy) is 1. The number of nitrogens with two attached hydrogens (primary N) is 1. The minimum absolute atomic E-state index is 0.273. The van der Waals surface area contributed by atoms with Crippen molar-refractivity contribution in [3.63, 3.8) is 0 Å². The summed E-state index contributed by atoms with van der Waals surface area (Å²) in [6, 6.07) is 11.5. The third-order valence-electron chi connectivity index (χ3n) is 2.98. The molecule has 0 radical (unpaired) electrons. The van der Waals surface area contributed by atoms with Crippen LogP contribution in [0.5, 0.6) is 5.75 Å². The fourth-order valence-corrected chi connectivity index (χ4v) is 3.07. The number of hydrogen-bond acceptors (Lipinski definition) is 2. The van der Waals surface area contributed by atoms with Crippen LogP contribution in [-0.4, -0.2) is 7.11 Å². The highest BCUT2D eigenvalue weighted by atomic mass is 79.9. The molecule has 2 rings (SSSR count). The van der Waals surface area contributed by atoms with E-state index >= 15 is 0 Å². The summed E-state index contributed by atoms with van der Waals surface area (Å²) in [5, 5.41) is 0.630. The molecule has 2 N–H and O–H groups in total. The molecule has 0 amide bonds. The first-order chi connectivity index (χ1) is 9.02. The van der Waals surface area contributed by atoms with E-state index in [0.29, 0.717) is 5.02 Å². The van der Waals surface area contributed by atoms with Crippen molar-refractivity contribution in [2.45, 2.75) is 13.0 Å². The van der Waals surface area contributed by atoms with Crippen LogP contribution in [-0.2, 0) is 0 Å². The number of rotatable bonds is 3. The first-order valence-corrected chi connectivity index (χ1v) is 7.05. The van der Waals surface area contributed by atoms with E-state index in [2.05, 4.69) is 22.0 Å². The lowest BCUT2D eigenvalue weighted by Crippen LogP contribution is -2.13. The third kappa shape index (κ3) is 3.11. The lowest BCUT2D eigenvalue weighted by molar-refractivity contribution is 0.405. The Labute approximate surface area is 126 Å². The van der Waals surface area contributed by atoms with E-state index in [9.17, 15) is 0 Å². The van der Waals surface area contributed by atoms with Gasteiger partial charge in [0.2, 0.25) is 0 Å². The maximum Gasteiger partial charge on any atom is 0.138 e. The predicted octanol–water partition coefficient (Wildman–Crippen LogP) is 4.47. The van der Waals surface area contributed by atoms with Gasteiger partial charge in [-0.25, -0.2) is 0 Å². The highest BCUT2D eigenvalue weighted by molar-refractivity contribution is 9.10. The van der Waals surface area contributed by atoms with E-state index in [0.717, 1.165) is 21.3 Å². The van der Waals surface area contributed by atoms with Crippen molar-refractivity contribution in [2.75, 3.05) is 7.11 Å². The number of aryl methyl sites for hydroxylation is 1. The maximum atomic E-state index is 6.34. The Hall–Kier alpha value is -1.03. The van der Waals surface area contributed by atoms with Gasteiger partial charge < -0.3 is 10.5 Å². The van der Waals surface area contributed by atoms with Gasteiger partial charge >= 0.3 is 0 Å². The topological polar surface area (TPSA) is 35.2 Å². The normalized spacial score (nSPS) is 12.3. The fraction of sp³-hybridized carbons (Fsp3) is 0.200. The van der Waals surface area contributed by atoms with Gasteiger partial charge in [0.1, 0.15) is 5.75 Å². The molecular weight excluding hydrogens is 326 g/mol. The van der Waals surface area contributed by atoms with Gasteiger partial charge in [0.05, 0.1) is 17.6 Å². The Morgan fingerprint density at radius 2 is 2.00 bits per heavy atom. The highest BCUT2D eigenvalue weighted by Gasteiger charge is 2.17. The van der Waals surface area contributed by atoms with Crippen LogP contribution in [0.25, 0.3) is 0 Å². The van der Waals surface area contributed by atoms with Crippen LogP contribution >= 0.6 is 27.5 Å². The first-order valence-electron chi connectivity index (χ1n) is 5.88. The standard InChI is InChI=1S/C15H15BrClNO/c1-9-4-3-5-10(6-9)14(18)12-7-11(17)8-13(16)15(12)19-2/h3-8,14H,18H2,1-2H3. The van der Waals surface area contributed by atoms with Crippen molar-refractivity contribution >= 4 is 27.5 Å². The predicted molar refractivity (Wildman–Crippen MR) is 82.9 cm³/mol. The third-order valence-corrected chi connectivity index (χ3v) is 3.78. The second-order valence-corrected chi connectivity index (χ2v) is 5.69. The van der Waals surface area contributed by atoms with E-state index in [1.165, 1.54) is 5.56 Å². The molecule has 1 atom stereocenters. The van der Waals surface area contributed by atoms with Gasteiger partial charge in [-0.2, -0.15) is 0 Å². The molecule has 19 heavy (non-hydrogen) atoms. The van der Waals surface area contributed by atoms with E-state index in [1.807, 2.05) is 31.2 Å². The summed E-state index contributed by atoms with van der Waals surface area (Å²) < 4.78 is 6.22. The molecule has 0 saturated carbocycles. The average molecular weight is 341 g/mol. The van der Waals surface area contributed by atoms with Gasteiger partial charge in [0, 0.05) is 10.6 Å². The van der Waals surface area contributed by atoms with E-state index in [4.69, 9.17) is 22.1 Å². The van der Waals surface area contributed by atoms with Crippen LogP contribution < -0.4 is 10.5 Å². The molecule has 0 bridgehead atoms. The van der Waals surface area contributed by atoms with Crippen LogP contribution in [0.3, 0.4) is 0 Å². The van der Waals surface area contributed by atoms with Crippen LogP contribution in [0, 0.1) is 6.92 Å². The van der Waals surface area contributed by atoms with E-state index in [1.54, 1.807) is 13.2 Å². The fourth-order valence-electron chi connectivity index (χ4n) is 2.07.